The van der Waals surface area contributed by atoms with Crippen molar-refractivity contribution < 1.29 is 27.9 Å². The quantitative estimate of drug-likeness (QED) is 0.762. The molecule has 1 saturated carbocycles. The second-order valence-electron chi connectivity index (χ2n) is 5.68. The van der Waals surface area contributed by atoms with Crippen molar-refractivity contribution in [3.05, 3.63) is 28.8 Å². The number of halogens is 1. The number of hydrogen-bond donors (Lipinski definition) is 2. The summed E-state index contributed by atoms with van der Waals surface area (Å²) < 4.78 is 32.1. The molecule has 0 unspecified atom stereocenters. The molecular weight excluding hydrogens is 358 g/mol. The third-order valence-electron chi connectivity index (χ3n) is 4.00. The highest BCUT2D eigenvalue weighted by Gasteiger charge is 2.29. The van der Waals surface area contributed by atoms with Gasteiger partial charge in [-0.1, -0.05) is 11.6 Å². The lowest BCUT2D eigenvalue weighted by Gasteiger charge is -2.26. The Morgan fingerprint density at radius 3 is 2.38 bits per heavy atom. The fourth-order valence-electron chi connectivity index (χ4n) is 2.70. The molecule has 0 saturated heterocycles. The zero-order chi connectivity index (χ0) is 17.9. The lowest BCUT2D eigenvalue weighted by atomic mass is 9.87. The SMILES string of the molecule is COC(=O)c1cc(Cl)cc(S(=O)(=O)NC2CCC(C(=O)O)CC2)c1. The molecule has 0 heterocycles. The van der Waals surface area contributed by atoms with Gasteiger partial charge in [0.2, 0.25) is 10.0 Å². The van der Waals surface area contributed by atoms with Crippen molar-refractivity contribution in [1.29, 1.82) is 0 Å². The largest absolute Gasteiger partial charge is 0.481 e. The Labute approximate surface area is 145 Å². The fraction of sp³-hybridized carbons (Fsp3) is 0.467. The minimum absolute atomic E-state index is 0.0416. The van der Waals surface area contributed by atoms with Crippen molar-refractivity contribution in [2.45, 2.75) is 36.6 Å². The maximum absolute atomic E-state index is 12.5. The van der Waals surface area contributed by atoms with Gasteiger partial charge in [0.25, 0.3) is 0 Å². The Kier molecular flexibility index (Phi) is 5.84. The van der Waals surface area contributed by atoms with E-state index in [-0.39, 0.29) is 21.5 Å². The van der Waals surface area contributed by atoms with Crippen LogP contribution in [0.4, 0.5) is 0 Å². The summed E-state index contributed by atoms with van der Waals surface area (Å²) in [4.78, 5) is 22.4. The third kappa shape index (κ3) is 4.46. The van der Waals surface area contributed by atoms with Crippen molar-refractivity contribution in [1.82, 2.24) is 4.72 Å². The van der Waals surface area contributed by atoms with E-state index in [1.807, 2.05) is 0 Å². The van der Waals surface area contributed by atoms with E-state index in [1.165, 1.54) is 25.3 Å². The van der Waals surface area contributed by atoms with E-state index in [9.17, 15) is 18.0 Å². The van der Waals surface area contributed by atoms with Crippen LogP contribution in [0.15, 0.2) is 23.1 Å². The first-order valence-corrected chi connectivity index (χ1v) is 9.23. The highest BCUT2D eigenvalue weighted by Crippen LogP contribution is 2.26. The summed E-state index contributed by atoms with van der Waals surface area (Å²) in [5.74, 6) is -1.97. The summed E-state index contributed by atoms with van der Waals surface area (Å²) in [6, 6.07) is 3.43. The first-order valence-electron chi connectivity index (χ1n) is 7.37. The lowest BCUT2D eigenvalue weighted by Crippen LogP contribution is -2.38. The molecule has 1 aliphatic carbocycles. The van der Waals surface area contributed by atoms with Gasteiger partial charge in [-0.25, -0.2) is 17.9 Å². The summed E-state index contributed by atoms with van der Waals surface area (Å²) >= 11 is 5.89. The average Bonchev–Trinajstić information content (AvgIpc) is 2.53. The molecule has 0 amide bonds. The zero-order valence-electron chi connectivity index (χ0n) is 13.0. The standard InChI is InChI=1S/C15H18ClNO6S/c1-23-15(20)10-6-11(16)8-13(7-10)24(21,22)17-12-4-2-9(3-5-12)14(18)19/h6-9,12,17H,2-5H2,1H3,(H,18,19). The normalized spacial score (nSPS) is 21.2. The highest BCUT2D eigenvalue weighted by atomic mass is 35.5. The van der Waals surface area contributed by atoms with Crippen molar-refractivity contribution in [2.24, 2.45) is 5.92 Å². The van der Waals surface area contributed by atoms with Crippen LogP contribution in [0.3, 0.4) is 0 Å². The van der Waals surface area contributed by atoms with E-state index in [0.29, 0.717) is 25.7 Å². The van der Waals surface area contributed by atoms with Gasteiger partial charge in [-0.2, -0.15) is 0 Å². The van der Waals surface area contributed by atoms with Crippen molar-refractivity contribution in [2.75, 3.05) is 7.11 Å². The second-order valence-corrected chi connectivity index (χ2v) is 7.83. The van der Waals surface area contributed by atoms with E-state index in [0.717, 1.165) is 0 Å². The molecule has 7 nitrogen and oxygen atoms in total. The number of hydrogen-bond acceptors (Lipinski definition) is 5. The zero-order valence-corrected chi connectivity index (χ0v) is 14.6. The Hall–Kier alpha value is -1.64. The number of carbonyl (C=O) groups is 2. The van der Waals surface area contributed by atoms with Crippen LogP contribution in [0.25, 0.3) is 0 Å². The molecule has 1 aromatic rings. The van der Waals surface area contributed by atoms with Gasteiger partial charge >= 0.3 is 11.9 Å². The van der Waals surface area contributed by atoms with Crippen LogP contribution in [0.2, 0.25) is 5.02 Å². The topological polar surface area (TPSA) is 110 Å². The maximum Gasteiger partial charge on any atom is 0.337 e. The number of benzene rings is 1. The molecule has 24 heavy (non-hydrogen) atoms. The highest BCUT2D eigenvalue weighted by molar-refractivity contribution is 7.89. The van der Waals surface area contributed by atoms with E-state index in [2.05, 4.69) is 9.46 Å². The first kappa shape index (κ1) is 18.7. The summed E-state index contributed by atoms with van der Waals surface area (Å²) in [7, 11) is -2.68. The van der Waals surface area contributed by atoms with Gasteiger partial charge in [0.15, 0.2) is 0 Å². The number of rotatable bonds is 5. The smallest absolute Gasteiger partial charge is 0.337 e. The fourth-order valence-corrected chi connectivity index (χ4v) is 4.37. The monoisotopic (exact) mass is 375 g/mol. The van der Waals surface area contributed by atoms with Gasteiger partial charge in [0, 0.05) is 11.1 Å². The molecule has 2 N–H and O–H groups in total. The van der Waals surface area contributed by atoms with Crippen molar-refractivity contribution in [3.63, 3.8) is 0 Å². The first-order chi connectivity index (χ1) is 11.2. The molecule has 0 radical (unpaired) electrons. The average molecular weight is 376 g/mol. The van der Waals surface area contributed by atoms with E-state index < -0.39 is 27.9 Å². The van der Waals surface area contributed by atoms with Crippen LogP contribution in [-0.4, -0.2) is 38.6 Å². The molecule has 9 heteroatoms. The number of nitrogens with one attached hydrogen (secondary N) is 1. The molecule has 0 aromatic heterocycles. The summed E-state index contributed by atoms with van der Waals surface area (Å²) in [6.45, 7) is 0. The van der Waals surface area contributed by atoms with Crippen LogP contribution in [0.1, 0.15) is 36.0 Å². The molecule has 2 rings (SSSR count). The minimum atomic E-state index is -3.87. The Morgan fingerprint density at radius 1 is 1.21 bits per heavy atom. The molecule has 0 bridgehead atoms. The molecular formula is C15H18ClNO6S. The van der Waals surface area contributed by atoms with Crippen LogP contribution in [-0.2, 0) is 19.6 Å². The van der Waals surface area contributed by atoms with Gasteiger partial charge in [-0.15, -0.1) is 0 Å². The molecule has 1 fully saturated rings. The van der Waals surface area contributed by atoms with E-state index >= 15 is 0 Å². The number of ether oxygens (including phenoxy) is 1. The van der Waals surface area contributed by atoms with E-state index in [4.69, 9.17) is 16.7 Å². The maximum atomic E-state index is 12.5. The Balaban J connectivity index is 2.15. The predicted octanol–water partition coefficient (Wildman–Crippen LogP) is 2.05. The number of sulfonamides is 1. The number of esters is 1. The molecule has 0 atom stereocenters. The van der Waals surface area contributed by atoms with Gasteiger partial charge in [-0.3, -0.25) is 4.79 Å². The lowest BCUT2D eigenvalue weighted by molar-refractivity contribution is -0.142. The summed E-state index contributed by atoms with van der Waals surface area (Å²) in [5, 5.41) is 9.08. The Morgan fingerprint density at radius 2 is 1.83 bits per heavy atom. The molecule has 132 valence electrons. The predicted molar refractivity (Wildman–Crippen MR) is 86.5 cm³/mol. The van der Waals surface area contributed by atoms with Gasteiger partial charge < -0.3 is 9.84 Å². The van der Waals surface area contributed by atoms with Crippen LogP contribution >= 0.6 is 11.6 Å². The second kappa shape index (κ2) is 7.50. The van der Waals surface area contributed by atoms with Gasteiger partial charge in [-0.05, 0) is 43.9 Å². The molecule has 1 aliphatic rings. The number of aliphatic carboxylic acids is 1. The Bertz CT molecular complexity index is 740. The van der Waals surface area contributed by atoms with Crippen LogP contribution in [0, 0.1) is 5.92 Å². The van der Waals surface area contributed by atoms with Crippen molar-refractivity contribution >= 4 is 33.6 Å². The number of methoxy groups -OCH3 is 1. The van der Waals surface area contributed by atoms with E-state index in [1.54, 1.807) is 0 Å². The number of carbonyl (C=O) groups excluding carboxylic acids is 1. The van der Waals surface area contributed by atoms with Crippen LogP contribution in [0.5, 0.6) is 0 Å². The molecule has 0 aliphatic heterocycles. The minimum Gasteiger partial charge on any atom is -0.481 e. The number of carboxylic acid groups (broad SMARTS) is 1. The number of carboxylic acids is 1. The summed E-state index contributed by atoms with van der Waals surface area (Å²) in [5.41, 5.74) is 0.0416. The van der Waals surface area contributed by atoms with Gasteiger partial charge in [0.05, 0.1) is 23.5 Å². The third-order valence-corrected chi connectivity index (χ3v) is 5.72. The van der Waals surface area contributed by atoms with Crippen LogP contribution < -0.4 is 4.72 Å². The molecule has 0 spiro atoms. The van der Waals surface area contributed by atoms with Gasteiger partial charge in [0.1, 0.15) is 0 Å². The molecule has 1 aromatic carbocycles. The summed E-state index contributed by atoms with van der Waals surface area (Å²) in [6.07, 6.45) is 1.73. The van der Waals surface area contributed by atoms with Crippen molar-refractivity contribution in [3.8, 4) is 0 Å².